The van der Waals surface area contributed by atoms with Crippen molar-refractivity contribution < 1.29 is 4.79 Å². The van der Waals surface area contributed by atoms with Gasteiger partial charge in [0.15, 0.2) is 0 Å². The lowest BCUT2D eigenvalue weighted by atomic mass is 10.0. The van der Waals surface area contributed by atoms with E-state index in [1.165, 1.54) is 0 Å². The molecule has 0 saturated heterocycles. The topological polar surface area (TPSA) is 49.0 Å². The van der Waals surface area contributed by atoms with Crippen LogP contribution in [0.3, 0.4) is 0 Å². The lowest BCUT2D eigenvalue weighted by molar-refractivity contribution is 0.0783. The molecule has 4 nitrogen and oxygen atoms in total. The molecule has 0 fully saturated rings. The Kier molecular flexibility index (Phi) is 3.46. The molecule has 2 rings (SSSR count). The Morgan fingerprint density at radius 2 is 2.00 bits per heavy atom. The van der Waals surface area contributed by atoms with Crippen molar-refractivity contribution in [1.82, 2.24) is 15.1 Å². The van der Waals surface area contributed by atoms with Gasteiger partial charge in [-0.2, -0.15) is 5.10 Å². The molecule has 0 radical (unpaired) electrons. The van der Waals surface area contributed by atoms with Crippen LogP contribution in [0.2, 0.25) is 0 Å². The zero-order chi connectivity index (χ0) is 13.1. The number of hydrogen-bond acceptors (Lipinski definition) is 2. The molecule has 0 bridgehead atoms. The number of hydrogen-bond donors (Lipinski definition) is 1. The van der Waals surface area contributed by atoms with E-state index in [9.17, 15) is 4.79 Å². The van der Waals surface area contributed by atoms with E-state index in [0.29, 0.717) is 6.54 Å². The van der Waals surface area contributed by atoms with Crippen LogP contribution in [0.1, 0.15) is 27.0 Å². The van der Waals surface area contributed by atoms with E-state index in [1.54, 1.807) is 24.3 Å². The van der Waals surface area contributed by atoms with Crippen molar-refractivity contribution in [2.75, 3.05) is 7.05 Å². The molecule has 1 amide bonds. The largest absolute Gasteiger partial charge is 0.337 e. The average Bonchev–Trinajstić information content (AvgIpc) is 2.81. The molecule has 94 valence electrons. The quantitative estimate of drug-likeness (QED) is 0.899. The molecular formula is C14H17N3O. The van der Waals surface area contributed by atoms with Crippen molar-refractivity contribution in [3.8, 4) is 0 Å². The summed E-state index contributed by atoms with van der Waals surface area (Å²) in [6.45, 7) is 4.49. The average molecular weight is 243 g/mol. The fourth-order valence-electron chi connectivity index (χ4n) is 2.05. The van der Waals surface area contributed by atoms with Crippen LogP contribution in [-0.4, -0.2) is 28.1 Å². The van der Waals surface area contributed by atoms with Crippen molar-refractivity contribution in [3.63, 3.8) is 0 Å². The molecule has 0 saturated carbocycles. The minimum absolute atomic E-state index is 0.0480. The molecule has 4 heteroatoms. The van der Waals surface area contributed by atoms with Crippen LogP contribution in [0, 0.1) is 13.8 Å². The predicted octanol–water partition coefficient (Wildman–Crippen LogP) is 2.30. The summed E-state index contributed by atoms with van der Waals surface area (Å²) in [6.07, 6.45) is 3.53. The fraction of sp³-hybridized carbons (Fsp3) is 0.286. The van der Waals surface area contributed by atoms with Gasteiger partial charge in [0, 0.05) is 30.9 Å². The Bertz CT molecular complexity index is 526. The fourth-order valence-corrected chi connectivity index (χ4v) is 2.05. The van der Waals surface area contributed by atoms with Crippen LogP contribution in [0.4, 0.5) is 0 Å². The predicted molar refractivity (Wildman–Crippen MR) is 70.3 cm³/mol. The van der Waals surface area contributed by atoms with Crippen LogP contribution in [-0.2, 0) is 6.54 Å². The third-order valence-corrected chi connectivity index (χ3v) is 3.02. The second-order valence-corrected chi connectivity index (χ2v) is 4.53. The molecule has 0 aliphatic carbocycles. The summed E-state index contributed by atoms with van der Waals surface area (Å²) in [6, 6.07) is 5.90. The highest BCUT2D eigenvalue weighted by atomic mass is 16.2. The van der Waals surface area contributed by atoms with Gasteiger partial charge in [0.2, 0.25) is 0 Å². The van der Waals surface area contributed by atoms with E-state index in [-0.39, 0.29) is 5.91 Å². The van der Waals surface area contributed by atoms with Crippen molar-refractivity contribution in [1.29, 1.82) is 0 Å². The molecule has 0 aliphatic rings. The number of aromatic nitrogens is 2. The molecule has 1 aromatic heterocycles. The van der Waals surface area contributed by atoms with Gasteiger partial charge < -0.3 is 4.90 Å². The molecule has 0 unspecified atom stereocenters. The van der Waals surface area contributed by atoms with Crippen LogP contribution >= 0.6 is 0 Å². The Balaban J connectivity index is 2.21. The van der Waals surface area contributed by atoms with Crippen molar-refractivity contribution in [2.24, 2.45) is 0 Å². The third kappa shape index (κ3) is 2.42. The van der Waals surface area contributed by atoms with E-state index < -0.39 is 0 Å². The van der Waals surface area contributed by atoms with Gasteiger partial charge in [0.05, 0.1) is 6.20 Å². The Labute approximate surface area is 107 Å². The molecule has 0 aliphatic heterocycles. The maximum Gasteiger partial charge on any atom is 0.254 e. The Morgan fingerprint density at radius 3 is 2.56 bits per heavy atom. The van der Waals surface area contributed by atoms with Gasteiger partial charge in [-0.05, 0) is 25.0 Å². The van der Waals surface area contributed by atoms with Gasteiger partial charge in [-0.1, -0.05) is 18.2 Å². The smallest absolute Gasteiger partial charge is 0.254 e. The first-order valence-corrected chi connectivity index (χ1v) is 5.89. The zero-order valence-corrected chi connectivity index (χ0v) is 10.9. The van der Waals surface area contributed by atoms with E-state index in [1.807, 2.05) is 32.0 Å². The summed E-state index contributed by atoms with van der Waals surface area (Å²) in [5.41, 5.74) is 3.82. The lowest BCUT2D eigenvalue weighted by Crippen LogP contribution is -2.27. The lowest BCUT2D eigenvalue weighted by Gasteiger charge is -2.19. The van der Waals surface area contributed by atoms with Crippen molar-refractivity contribution >= 4 is 5.91 Å². The van der Waals surface area contributed by atoms with Crippen LogP contribution in [0.25, 0.3) is 0 Å². The maximum absolute atomic E-state index is 12.4. The number of benzene rings is 1. The first-order valence-electron chi connectivity index (χ1n) is 5.89. The minimum atomic E-state index is 0.0480. The van der Waals surface area contributed by atoms with E-state index >= 15 is 0 Å². The summed E-state index contributed by atoms with van der Waals surface area (Å²) in [5, 5.41) is 6.63. The third-order valence-electron chi connectivity index (χ3n) is 3.02. The second-order valence-electron chi connectivity index (χ2n) is 4.53. The molecular weight excluding hydrogens is 226 g/mol. The number of rotatable bonds is 3. The highest BCUT2D eigenvalue weighted by Gasteiger charge is 2.16. The summed E-state index contributed by atoms with van der Waals surface area (Å²) in [4.78, 5) is 14.1. The minimum Gasteiger partial charge on any atom is -0.337 e. The van der Waals surface area contributed by atoms with Crippen LogP contribution in [0.15, 0.2) is 30.6 Å². The summed E-state index contributed by atoms with van der Waals surface area (Å²) < 4.78 is 0. The number of carbonyl (C=O) groups excluding carboxylic acids is 1. The van der Waals surface area contributed by atoms with Crippen molar-refractivity contribution in [3.05, 3.63) is 52.8 Å². The zero-order valence-electron chi connectivity index (χ0n) is 10.9. The number of amides is 1. The number of nitrogens with zero attached hydrogens (tertiary/aromatic N) is 2. The highest BCUT2D eigenvalue weighted by molar-refractivity contribution is 5.96. The van der Waals surface area contributed by atoms with Gasteiger partial charge in [-0.25, -0.2) is 0 Å². The van der Waals surface area contributed by atoms with E-state index in [0.717, 1.165) is 22.3 Å². The number of carbonyl (C=O) groups is 1. The molecule has 1 heterocycles. The SMILES string of the molecule is Cc1cccc(C)c1C(=O)N(C)Cc1cn[nH]c1. The van der Waals surface area contributed by atoms with Gasteiger partial charge in [-0.15, -0.1) is 0 Å². The highest BCUT2D eigenvalue weighted by Crippen LogP contribution is 2.16. The Hall–Kier alpha value is -2.10. The molecule has 2 aromatic rings. The van der Waals surface area contributed by atoms with Gasteiger partial charge >= 0.3 is 0 Å². The molecule has 0 spiro atoms. The molecule has 18 heavy (non-hydrogen) atoms. The number of nitrogens with one attached hydrogen (secondary N) is 1. The number of aromatic amines is 1. The van der Waals surface area contributed by atoms with Crippen molar-refractivity contribution in [2.45, 2.75) is 20.4 Å². The normalized spacial score (nSPS) is 10.4. The Morgan fingerprint density at radius 1 is 1.33 bits per heavy atom. The van der Waals surface area contributed by atoms with Crippen LogP contribution < -0.4 is 0 Å². The standard InChI is InChI=1S/C14H17N3O/c1-10-5-4-6-11(2)13(10)14(18)17(3)9-12-7-15-16-8-12/h4-8H,9H2,1-3H3,(H,15,16). The summed E-state index contributed by atoms with van der Waals surface area (Å²) in [7, 11) is 1.81. The molecule has 0 atom stereocenters. The van der Waals surface area contributed by atoms with E-state index in [2.05, 4.69) is 10.2 Å². The first kappa shape index (κ1) is 12.4. The van der Waals surface area contributed by atoms with E-state index in [4.69, 9.17) is 0 Å². The monoisotopic (exact) mass is 243 g/mol. The summed E-state index contributed by atoms with van der Waals surface area (Å²) in [5.74, 6) is 0.0480. The molecule has 1 N–H and O–H groups in total. The summed E-state index contributed by atoms with van der Waals surface area (Å²) >= 11 is 0. The first-order chi connectivity index (χ1) is 8.59. The molecule has 1 aromatic carbocycles. The number of H-pyrrole nitrogens is 1. The number of aryl methyl sites for hydroxylation is 2. The van der Waals surface area contributed by atoms with Gasteiger partial charge in [0.25, 0.3) is 5.91 Å². The maximum atomic E-state index is 12.4. The van der Waals surface area contributed by atoms with Gasteiger partial charge in [-0.3, -0.25) is 9.89 Å². The van der Waals surface area contributed by atoms with Crippen LogP contribution in [0.5, 0.6) is 0 Å². The van der Waals surface area contributed by atoms with Gasteiger partial charge in [0.1, 0.15) is 0 Å². The second kappa shape index (κ2) is 5.04.